The fourth-order valence-corrected chi connectivity index (χ4v) is 2.84. The van der Waals surface area contributed by atoms with Crippen molar-refractivity contribution >= 4 is 11.6 Å². The zero-order chi connectivity index (χ0) is 14.1. The molecule has 3 rings (SSSR count). The number of hydrogen-bond acceptors (Lipinski definition) is 2. The summed E-state index contributed by atoms with van der Waals surface area (Å²) in [6, 6.07) is 16.8. The molecule has 2 aromatic carbocycles. The first kappa shape index (κ1) is 12.9. The number of fused-ring (bicyclic) bond motifs is 1. The average molecular weight is 266 g/mol. The maximum absolute atomic E-state index is 11.8. The van der Waals surface area contributed by atoms with Gasteiger partial charge in [-0.3, -0.25) is 4.79 Å². The van der Waals surface area contributed by atoms with Crippen LogP contribution in [-0.2, 0) is 11.2 Å². The minimum atomic E-state index is 0.155. The third-order valence-electron chi connectivity index (χ3n) is 3.94. The second-order valence-corrected chi connectivity index (χ2v) is 5.15. The zero-order valence-electron chi connectivity index (χ0n) is 11.8. The Morgan fingerprint density at radius 2 is 1.85 bits per heavy atom. The summed E-state index contributed by atoms with van der Waals surface area (Å²) in [4.78, 5) is 13.5. The molecule has 1 unspecified atom stereocenters. The highest BCUT2D eigenvalue weighted by atomic mass is 16.2. The Bertz CT molecular complexity index is 637. The number of likely N-dealkylation sites (N-methyl/N-ethyl adjacent to an activating group) is 1. The SMILES string of the molecule is CNC(c1ccccc1)c1ccc2c(c1)CC(=O)N2C. The van der Waals surface area contributed by atoms with E-state index in [1.165, 1.54) is 11.1 Å². The lowest BCUT2D eigenvalue weighted by Gasteiger charge is -2.18. The Labute approximate surface area is 119 Å². The minimum absolute atomic E-state index is 0.155. The number of carbonyl (C=O) groups is 1. The van der Waals surface area contributed by atoms with E-state index in [-0.39, 0.29) is 11.9 Å². The molecule has 20 heavy (non-hydrogen) atoms. The topological polar surface area (TPSA) is 32.3 Å². The number of rotatable bonds is 3. The monoisotopic (exact) mass is 266 g/mol. The van der Waals surface area contributed by atoms with Crippen LogP contribution >= 0.6 is 0 Å². The molecule has 0 saturated carbocycles. The fourth-order valence-electron chi connectivity index (χ4n) is 2.84. The van der Waals surface area contributed by atoms with Crippen LogP contribution in [0.15, 0.2) is 48.5 Å². The summed E-state index contributed by atoms with van der Waals surface area (Å²) in [5, 5.41) is 3.35. The molecule has 0 bridgehead atoms. The van der Waals surface area contributed by atoms with E-state index in [2.05, 4.69) is 29.6 Å². The van der Waals surface area contributed by atoms with Gasteiger partial charge in [-0.25, -0.2) is 0 Å². The van der Waals surface area contributed by atoms with Gasteiger partial charge in [0, 0.05) is 12.7 Å². The van der Waals surface area contributed by atoms with Crippen molar-refractivity contribution in [2.24, 2.45) is 0 Å². The van der Waals surface area contributed by atoms with Gasteiger partial charge in [-0.05, 0) is 29.8 Å². The molecule has 1 atom stereocenters. The van der Waals surface area contributed by atoms with Crippen LogP contribution in [0.5, 0.6) is 0 Å². The van der Waals surface area contributed by atoms with Gasteiger partial charge in [-0.1, -0.05) is 42.5 Å². The summed E-state index contributed by atoms with van der Waals surface area (Å²) in [6.07, 6.45) is 0.505. The van der Waals surface area contributed by atoms with Gasteiger partial charge in [0.15, 0.2) is 0 Å². The second kappa shape index (κ2) is 5.10. The van der Waals surface area contributed by atoms with Gasteiger partial charge < -0.3 is 10.2 Å². The van der Waals surface area contributed by atoms with Gasteiger partial charge in [0.1, 0.15) is 0 Å². The van der Waals surface area contributed by atoms with Crippen LogP contribution in [-0.4, -0.2) is 20.0 Å². The fraction of sp³-hybridized carbons (Fsp3) is 0.235. The Morgan fingerprint density at radius 3 is 2.55 bits per heavy atom. The maximum Gasteiger partial charge on any atom is 0.231 e. The average Bonchev–Trinajstić information content (AvgIpc) is 2.76. The first-order valence-corrected chi connectivity index (χ1v) is 6.82. The molecule has 1 amide bonds. The number of hydrogen-bond donors (Lipinski definition) is 1. The molecule has 2 aromatic rings. The number of nitrogens with zero attached hydrogens (tertiary/aromatic N) is 1. The van der Waals surface area contributed by atoms with Crippen molar-refractivity contribution in [1.82, 2.24) is 5.32 Å². The van der Waals surface area contributed by atoms with E-state index in [1.807, 2.05) is 38.4 Å². The number of benzene rings is 2. The molecule has 0 fully saturated rings. The molecule has 0 spiro atoms. The third-order valence-corrected chi connectivity index (χ3v) is 3.94. The van der Waals surface area contributed by atoms with E-state index in [1.54, 1.807) is 4.90 Å². The standard InChI is InChI=1S/C17H18N2O/c1-18-17(12-6-4-3-5-7-12)13-8-9-15-14(10-13)11-16(20)19(15)2/h3-10,17-18H,11H2,1-2H3. The predicted molar refractivity (Wildman–Crippen MR) is 80.9 cm³/mol. The number of anilines is 1. The van der Waals surface area contributed by atoms with E-state index in [4.69, 9.17) is 0 Å². The normalized spacial score (nSPS) is 15.3. The molecule has 1 aliphatic rings. The molecule has 0 aromatic heterocycles. The van der Waals surface area contributed by atoms with E-state index in [0.717, 1.165) is 11.3 Å². The van der Waals surface area contributed by atoms with Gasteiger partial charge in [0.2, 0.25) is 5.91 Å². The van der Waals surface area contributed by atoms with E-state index in [9.17, 15) is 4.79 Å². The van der Waals surface area contributed by atoms with Crippen LogP contribution in [0.1, 0.15) is 22.7 Å². The van der Waals surface area contributed by atoms with E-state index >= 15 is 0 Å². The molecule has 1 heterocycles. The van der Waals surface area contributed by atoms with Crippen molar-refractivity contribution in [1.29, 1.82) is 0 Å². The zero-order valence-corrected chi connectivity index (χ0v) is 11.8. The quantitative estimate of drug-likeness (QED) is 0.926. The molecule has 1 aliphatic heterocycles. The van der Waals surface area contributed by atoms with Crippen LogP contribution in [0.4, 0.5) is 5.69 Å². The second-order valence-electron chi connectivity index (χ2n) is 5.15. The molecule has 0 radical (unpaired) electrons. The number of carbonyl (C=O) groups excluding carboxylic acids is 1. The third kappa shape index (κ3) is 2.10. The largest absolute Gasteiger partial charge is 0.315 e. The lowest BCUT2D eigenvalue weighted by atomic mass is 9.96. The molecule has 0 saturated heterocycles. The first-order valence-electron chi connectivity index (χ1n) is 6.82. The van der Waals surface area contributed by atoms with Gasteiger partial charge in [0.05, 0.1) is 12.5 Å². The van der Waals surface area contributed by atoms with Crippen LogP contribution in [0.2, 0.25) is 0 Å². The molecule has 3 nitrogen and oxygen atoms in total. The first-order chi connectivity index (χ1) is 9.70. The highest BCUT2D eigenvalue weighted by Crippen LogP contribution is 2.31. The number of nitrogens with one attached hydrogen (secondary N) is 1. The predicted octanol–water partition coefficient (Wildman–Crippen LogP) is 2.51. The highest BCUT2D eigenvalue weighted by Gasteiger charge is 2.25. The van der Waals surface area contributed by atoms with Crippen molar-refractivity contribution in [2.45, 2.75) is 12.5 Å². The van der Waals surface area contributed by atoms with Gasteiger partial charge in [0.25, 0.3) is 0 Å². The molecular weight excluding hydrogens is 248 g/mol. The van der Waals surface area contributed by atoms with Crippen molar-refractivity contribution in [2.75, 3.05) is 19.0 Å². The Balaban J connectivity index is 1.99. The minimum Gasteiger partial charge on any atom is -0.315 e. The summed E-state index contributed by atoms with van der Waals surface area (Å²) < 4.78 is 0. The molecule has 0 aliphatic carbocycles. The molecular formula is C17H18N2O. The van der Waals surface area contributed by atoms with Crippen LogP contribution in [0, 0.1) is 0 Å². The summed E-state index contributed by atoms with van der Waals surface area (Å²) in [5.41, 5.74) is 4.57. The maximum atomic E-state index is 11.8. The summed E-state index contributed by atoms with van der Waals surface area (Å²) >= 11 is 0. The van der Waals surface area contributed by atoms with Crippen LogP contribution in [0.3, 0.4) is 0 Å². The highest BCUT2D eigenvalue weighted by molar-refractivity contribution is 6.00. The van der Waals surface area contributed by atoms with Gasteiger partial charge in [-0.2, -0.15) is 0 Å². The van der Waals surface area contributed by atoms with Gasteiger partial charge >= 0.3 is 0 Å². The number of amides is 1. The molecule has 102 valence electrons. The Kier molecular flexibility index (Phi) is 3.28. The van der Waals surface area contributed by atoms with Crippen molar-refractivity contribution in [3.05, 3.63) is 65.2 Å². The summed E-state index contributed by atoms with van der Waals surface area (Å²) in [5.74, 6) is 0.165. The lowest BCUT2D eigenvalue weighted by Crippen LogP contribution is -2.20. The van der Waals surface area contributed by atoms with E-state index < -0.39 is 0 Å². The van der Waals surface area contributed by atoms with Crippen LogP contribution < -0.4 is 10.2 Å². The Hall–Kier alpha value is -2.13. The van der Waals surface area contributed by atoms with Gasteiger partial charge in [-0.15, -0.1) is 0 Å². The van der Waals surface area contributed by atoms with E-state index in [0.29, 0.717) is 6.42 Å². The van der Waals surface area contributed by atoms with Crippen molar-refractivity contribution in [3.63, 3.8) is 0 Å². The molecule has 1 N–H and O–H groups in total. The van der Waals surface area contributed by atoms with Crippen molar-refractivity contribution in [3.8, 4) is 0 Å². The van der Waals surface area contributed by atoms with Crippen LogP contribution in [0.25, 0.3) is 0 Å². The summed E-state index contributed by atoms with van der Waals surface area (Å²) in [7, 11) is 3.79. The summed E-state index contributed by atoms with van der Waals surface area (Å²) in [6.45, 7) is 0. The smallest absolute Gasteiger partial charge is 0.231 e. The molecule has 3 heteroatoms. The lowest BCUT2D eigenvalue weighted by molar-refractivity contribution is -0.117. The van der Waals surface area contributed by atoms with Crippen molar-refractivity contribution < 1.29 is 4.79 Å². The Morgan fingerprint density at radius 1 is 1.10 bits per heavy atom.